The summed E-state index contributed by atoms with van der Waals surface area (Å²) in [5, 5.41) is 9.00. The summed E-state index contributed by atoms with van der Waals surface area (Å²) in [4.78, 5) is 19.2. The molecule has 0 bridgehead atoms. The maximum Gasteiger partial charge on any atom is 0.222 e. The van der Waals surface area contributed by atoms with Crippen molar-refractivity contribution in [1.82, 2.24) is 15.1 Å². The maximum absolute atomic E-state index is 12.6. The lowest BCUT2D eigenvalue weighted by Gasteiger charge is -2.36. The minimum atomic E-state index is 0.270. The molecule has 2 fully saturated rings. The zero-order chi connectivity index (χ0) is 20.8. The predicted molar refractivity (Wildman–Crippen MR) is 121 cm³/mol. The number of anilines is 2. The van der Waals surface area contributed by atoms with Crippen molar-refractivity contribution < 1.29 is 4.79 Å². The van der Waals surface area contributed by atoms with E-state index >= 15 is 0 Å². The third kappa shape index (κ3) is 5.10. The van der Waals surface area contributed by atoms with E-state index in [0.29, 0.717) is 12.5 Å². The highest BCUT2D eigenvalue weighted by atomic mass is 16.2. The Kier molecular flexibility index (Phi) is 6.82. The van der Waals surface area contributed by atoms with Crippen LogP contribution in [-0.4, -0.2) is 59.8 Å². The number of amides is 1. The summed E-state index contributed by atoms with van der Waals surface area (Å²) in [5.41, 5.74) is 1.30. The van der Waals surface area contributed by atoms with Gasteiger partial charge in [-0.15, -0.1) is 10.2 Å². The molecule has 0 N–H and O–H groups in total. The SMILES string of the molecule is CC1CCCCN1c1ccc(N2CCN(C(=O)CCCc3ccccc3)CC2)nn1. The monoisotopic (exact) mass is 407 g/mol. The topological polar surface area (TPSA) is 52.6 Å². The van der Waals surface area contributed by atoms with Gasteiger partial charge in [0, 0.05) is 45.2 Å². The van der Waals surface area contributed by atoms with Crippen LogP contribution in [0.2, 0.25) is 0 Å². The zero-order valence-corrected chi connectivity index (χ0v) is 18.0. The summed E-state index contributed by atoms with van der Waals surface area (Å²) in [6.07, 6.45) is 6.25. The Morgan fingerprint density at radius 3 is 2.37 bits per heavy atom. The molecule has 1 aromatic carbocycles. The van der Waals surface area contributed by atoms with E-state index in [9.17, 15) is 4.79 Å². The van der Waals surface area contributed by atoms with E-state index in [4.69, 9.17) is 0 Å². The molecule has 2 saturated heterocycles. The number of aromatic nitrogens is 2. The van der Waals surface area contributed by atoms with E-state index in [-0.39, 0.29) is 5.91 Å². The molecule has 1 unspecified atom stereocenters. The highest BCUT2D eigenvalue weighted by Crippen LogP contribution is 2.23. The molecule has 1 aromatic heterocycles. The van der Waals surface area contributed by atoms with Gasteiger partial charge in [0.15, 0.2) is 11.6 Å². The van der Waals surface area contributed by atoms with Crippen molar-refractivity contribution in [3.8, 4) is 0 Å². The summed E-state index contributed by atoms with van der Waals surface area (Å²) in [6.45, 7) is 6.50. The van der Waals surface area contributed by atoms with Crippen LogP contribution in [0.5, 0.6) is 0 Å². The minimum absolute atomic E-state index is 0.270. The molecule has 30 heavy (non-hydrogen) atoms. The Morgan fingerprint density at radius 2 is 1.67 bits per heavy atom. The van der Waals surface area contributed by atoms with E-state index in [2.05, 4.69) is 63.3 Å². The average molecular weight is 408 g/mol. The molecule has 0 saturated carbocycles. The number of carbonyl (C=O) groups is 1. The Morgan fingerprint density at radius 1 is 0.933 bits per heavy atom. The average Bonchev–Trinajstić information content (AvgIpc) is 2.80. The number of piperazine rings is 1. The lowest BCUT2D eigenvalue weighted by molar-refractivity contribution is -0.131. The fraction of sp³-hybridized carbons (Fsp3) is 0.542. The summed E-state index contributed by atoms with van der Waals surface area (Å²) in [5.74, 6) is 2.17. The third-order valence-electron chi connectivity index (χ3n) is 6.39. The molecule has 3 heterocycles. The zero-order valence-electron chi connectivity index (χ0n) is 18.0. The molecule has 4 rings (SSSR count). The molecule has 1 amide bonds. The lowest BCUT2D eigenvalue weighted by atomic mass is 10.0. The van der Waals surface area contributed by atoms with Crippen molar-refractivity contribution >= 4 is 17.5 Å². The first kappa shape index (κ1) is 20.6. The second-order valence-electron chi connectivity index (χ2n) is 8.49. The Balaban J connectivity index is 1.23. The summed E-state index contributed by atoms with van der Waals surface area (Å²) >= 11 is 0. The second kappa shape index (κ2) is 9.92. The number of piperidine rings is 1. The number of benzene rings is 1. The molecular weight excluding hydrogens is 374 g/mol. The van der Waals surface area contributed by atoms with Crippen molar-refractivity contribution in [3.63, 3.8) is 0 Å². The number of rotatable bonds is 6. The normalized spacial score (nSPS) is 19.8. The number of aryl methyl sites for hydroxylation is 1. The van der Waals surface area contributed by atoms with Gasteiger partial charge in [0.2, 0.25) is 5.91 Å². The van der Waals surface area contributed by atoms with Gasteiger partial charge in [-0.25, -0.2) is 0 Å². The molecule has 0 spiro atoms. The van der Waals surface area contributed by atoms with Crippen LogP contribution in [0.3, 0.4) is 0 Å². The van der Waals surface area contributed by atoms with E-state index in [0.717, 1.165) is 57.2 Å². The van der Waals surface area contributed by atoms with Crippen LogP contribution in [0, 0.1) is 0 Å². The fourth-order valence-corrected chi connectivity index (χ4v) is 4.51. The van der Waals surface area contributed by atoms with Crippen molar-refractivity contribution in [1.29, 1.82) is 0 Å². The molecular formula is C24H33N5O. The molecule has 0 radical (unpaired) electrons. The maximum atomic E-state index is 12.6. The van der Waals surface area contributed by atoms with Crippen LogP contribution in [0.4, 0.5) is 11.6 Å². The van der Waals surface area contributed by atoms with Crippen molar-refractivity contribution in [2.24, 2.45) is 0 Å². The molecule has 6 nitrogen and oxygen atoms in total. The second-order valence-corrected chi connectivity index (χ2v) is 8.49. The molecule has 1 atom stereocenters. The standard InChI is InChI=1S/C24H33N5O/c1-20-8-5-6-15-29(20)23-14-13-22(25-26-23)27-16-18-28(19-17-27)24(30)12-7-11-21-9-3-2-4-10-21/h2-4,9-10,13-14,20H,5-8,11-12,15-19H2,1H3. The van der Waals surface area contributed by atoms with E-state index in [1.807, 2.05) is 11.0 Å². The number of nitrogens with zero attached hydrogens (tertiary/aromatic N) is 5. The van der Waals surface area contributed by atoms with Gasteiger partial charge in [0.1, 0.15) is 0 Å². The first-order valence-corrected chi connectivity index (χ1v) is 11.4. The van der Waals surface area contributed by atoms with Crippen LogP contribution in [0.25, 0.3) is 0 Å². The summed E-state index contributed by atoms with van der Waals surface area (Å²) < 4.78 is 0. The first-order chi connectivity index (χ1) is 14.7. The number of carbonyl (C=O) groups excluding carboxylic acids is 1. The third-order valence-corrected chi connectivity index (χ3v) is 6.39. The van der Waals surface area contributed by atoms with Crippen molar-refractivity contribution in [2.45, 2.75) is 51.5 Å². The van der Waals surface area contributed by atoms with Crippen molar-refractivity contribution in [3.05, 3.63) is 48.0 Å². The van der Waals surface area contributed by atoms with Gasteiger partial charge in [-0.05, 0) is 56.7 Å². The van der Waals surface area contributed by atoms with E-state index in [1.165, 1.54) is 24.8 Å². The van der Waals surface area contributed by atoms with Gasteiger partial charge in [-0.2, -0.15) is 0 Å². The molecule has 2 aliphatic rings. The van der Waals surface area contributed by atoms with Crippen LogP contribution < -0.4 is 9.80 Å². The molecule has 2 aromatic rings. The van der Waals surface area contributed by atoms with E-state index in [1.54, 1.807) is 0 Å². The number of hydrogen-bond acceptors (Lipinski definition) is 5. The largest absolute Gasteiger partial charge is 0.352 e. The Labute approximate surface area is 179 Å². The van der Waals surface area contributed by atoms with Gasteiger partial charge in [0.25, 0.3) is 0 Å². The Hall–Kier alpha value is -2.63. The van der Waals surface area contributed by atoms with Gasteiger partial charge in [0.05, 0.1) is 0 Å². The Bertz CT molecular complexity index is 802. The highest BCUT2D eigenvalue weighted by molar-refractivity contribution is 5.76. The van der Waals surface area contributed by atoms with Crippen LogP contribution in [0.1, 0.15) is 44.6 Å². The van der Waals surface area contributed by atoms with Gasteiger partial charge < -0.3 is 14.7 Å². The van der Waals surface area contributed by atoms with Gasteiger partial charge in [-0.1, -0.05) is 30.3 Å². The predicted octanol–water partition coefficient (Wildman–Crippen LogP) is 3.53. The fourth-order valence-electron chi connectivity index (χ4n) is 4.51. The first-order valence-electron chi connectivity index (χ1n) is 11.4. The minimum Gasteiger partial charge on any atom is -0.352 e. The van der Waals surface area contributed by atoms with Crippen molar-refractivity contribution in [2.75, 3.05) is 42.5 Å². The van der Waals surface area contributed by atoms with Gasteiger partial charge in [-0.3, -0.25) is 4.79 Å². The molecule has 160 valence electrons. The van der Waals surface area contributed by atoms with Crippen LogP contribution in [-0.2, 0) is 11.2 Å². The molecule has 6 heteroatoms. The highest BCUT2D eigenvalue weighted by Gasteiger charge is 2.23. The summed E-state index contributed by atoms with van der Waals surface area (Å²) in [7, 11) is 0. The van der Waals surface area contributed by atoms with Gasteiger partial charge >= 0.3 is 0 Å². The quantitative estimate of drug-likeness (QED) is 0.733. The van der Waals surface area contributed by atoms with E-state index < -0.39 is 0 Å². The van der Waals surface area contributed by atoms with Crippen LogP contribution >= 0.6 is 0 Å². The smallest absolute Gasteiger partial charge is 0.222 e. The summed E-state index contributed by atoms with van der Waals surface area (Å²) in [6, 6.07) is 15.1. The number of hydrogen-bond donors (Lipinski definition) is 0. The molecule has 0 aliphatic carbocycles. The lowest BCUT2D eigenvalue weighted by Crippen LogP contribution is -2.49. The molecule has 2 aliphatic heterocycles. The van der Waals surface area contributed by atoms with Crippen LogP contribution in [0.15, 0.2) is 42.5 Å².